The van der Waals surface area contributed by atoms with Gasteiger partial charge in [0.05, 0.1) is 5.25 Å². The SMILES string of the molecule is CCCC(Cc1nc(C2CSC(C)C(C)S2)no1)NCC. The Morgan fingerprint density at radius 2 is 2.14 bits per heavy atom. The maximum absolute atomic E-state index is 5.48. The summed E-state index contributed by atoms with van der Waals surface area (Å²) in [5.74, 6) is 2.75. The zero-order valence-corrected chi connectivity index (χ0v) is 15.1. The standard InChI is InChI=1S/C15H27N3OS2/c1-5-7-12(16-6-2)8-14-17-15(18-19-14)13-9-20-10(3)11(4)21-13/h10-13,16H,5-9H2,1-4H3. The lowest BCUT2D eigenvalue weighted by molar-refractivity contribution is 0.348. The molecule has 1 aliphatic rings. The van der Waals surface area contributed by atoms with Gasteiger partial charge in [-0.3, -0.25) is 0 Å². The van der Waals surface area contributed by atoms with Crippen molar-refractivity contribution >= 4 is 23.5 Å². The Morgan fingerprint density at radius 1 is 1.33 bits per heavy atom. The molecule has 0 amide bonds. The van der Waals surface area contributed by atoms with Crippen molar-refractivity contribution in [3.63, 3.8) is 0 Å². The first-order valence-electron chi connectivity index (χ1n) is 7.96. The van der Waals surface area contributed by atoms with Crippen LogP contribution in [0.3, 0.4) is 0 Å². The number of hydrogen-bond acceptors (Lipinski definition) is 6. The Balaban J connectivity index is 1.94. The molecule has 1 aliphatic heterocycles. The highest BCUT2D eigenvalue weighted by Gasteiger charge is 2.30. The van der Waals surface area contributed by atoms with E-state index in [-0.39, 0.29) is 0 Å². The molecule has 1 N–H and O–H groups in total. The molecule has 4 unspecified atom stereocenters. The van der Waals surface area contributed by atoms with Crippen LogP contribution in [0.1, 0.15) is 57.5 Å². The second kappa shape index (κ2) is 8.44. The van der Waals surface area contributed by atoms with Crippen LogP contribution in [0.5, 0.6) is 0 Å². The fraction of sp³-hybridized carbons (Fsp3) is 0.867. The molecule has 1 aromatic heterocycles. The van der Waals surface area contributed by atoms with Gasteiger partial charge in [-0.25, -0.2) is 0 Å². The molecule has 0 aliphatic carbocycles. The van der Waals surface area contributed by atoms with Crippen molar-refractivity contribution in [3.8, 4) is 0 Å². The molecular formula is C15H27N3OS2. The minimum absolute atomic E-state index is 0.377. The van der Waals surface area contributed by atoms with Crippen LogP contribution < -0.4 is 5.32 Å². The largest absolute Gasteiger partial charge is 0.339 e. The van der Waals surface area contributed by atoms with Gasteiger partial charge in [-0.1, -0.05) is 39.3 Å². The highest BCUT2D eigenvalue weighted by Crippen LogP contribution is 2.43. The van der Waals surface area contributed by atoms with Gasteiger partial charge in [0.15, 0.2) is 5.82 Å². The molecule has 0 spiro atoms. The average molecular weight is 330 g/mol. The van der Waals surface area contributed by atoms with Crippen molar-refractivity contribution in [2.45, 2.75) is 68.7 Å². The van der Waals surface area contributed by atoms with Crippen LogP contribution in [0.25, 0.3) is 0 Å². The summed E-state index contributed by atoms with van der Waals surface area (Å²) in [6.07, 6.45) is 3.16. The molecule has 6 heteroatoms. The van der Waals surface area contributed by atoms with Crippen LogP contribution in [-0.2, 0) is 6.42 Å². The summed E-state index contributed by atoms with van der Waals surface area (Å²) >= 11 is 3.99. The number of likely N-dealkylation sites (N-methyl/N-ethyl adjacent to an activating group) is 1. The zero-order chi connectivity index (χ0) is 15.2. The molecule has 0 aromatic carbocycles. The molecule has 0 radical (unpaired) electrons. The van der Waals surface area contributed by atoms with Crippen molar-refractivity contribution in [3.05, 3.63) is 11.7 Å². The van der Waals surface area contributed by atoms with E-state index in [1.54, 1.807) is 0 Å². The quantitative estimate of drug-likeness (QED) is 0.823. The second-order valence-electron chi connectivity index (χ2n) is 5.66. The van der Waals surface area contributed by atoms with Crippen molar-refractivity contribution in [2.24, 2.45) is 0 Å². The fourth-order valence-electron chi connectivity index (χ4n) is 2.53. The van der Waals surface area contributed by atoms with E-state index in [1.807, 2.05) is 23.5 Å². The zero-order valence-electron chi connectivity index (χ0n) is 13.5. The minimum Gasteiger partial charge on any atom is -0.339 e. The molecule has 0 bridgehead atoms. The highest BCUT2D eigenvalue weighted by atomic mass is 32.2. The molecular weight excluding hydrogens is 302 g/mol. The normalized spacial score (nSPS) is 27.7. The van der Waals surface area contributed by atoms with Gasteiger partial charge in [0.1, 0.15) is 0 Å². The summed E-state index contributed by atoms with van der Waals surface area (Å²) in [6, 6.07) is 0.445. The lowest BCUT2D eigenvalue weighted by Crippen LogP contribution is -2.30. The smallest absolute Gasteiger partial charge is 0.228 e. The Morgan fingerprint density at radius 3 is 2.81 bits per heavy atom. The van der Waals surface area contributed by atoms with Crippen molar-refractivity contribution in [1.82, 2.24) is 15.5 Å². The lowest BCUT2D eigenvalue weighted by Gasteiger charge is -2.29. The van der Waals surface area contributed by atoms with E-state index >= 15 is 0 Å². The van der Waals surface area contributed by atoms with Gasteiger partial charge in [-0.05, 0) is 13.0 Å². The average Bonchev–Trinajstić information content (AvgIpc) is 2.91. The van der Waals surface area contributed by atoms with Crippen molar-refractivity contribution in [1.29, 1.82) is 0 Å². The Bertz CT molecular complexity index is 421. The summed E-state index contributed by atoms with van der Waals surface area (Å²) < 4.78 is 5.48. The van der Waals surface area contributed by atoms with E-state index in [0.29, 0.717) is 21.8 Å². The van der Waals surface area contributed by atoms with Crippen LogP contribution >= 0.6 is 23.5 Å². The summed E-state index contributed by atoms with van der Waals surface area (Å²) in [7, 11) is 0. The number of hydrogen-bond donors (Lipinski definition) is 1. The van der Waals surface area contributed by atoms with Crippen LogP contribution in [0.15, 0.2) is 4.52 Å². The van der Waals surface area contributed by atoms with Gasteiger partial charge < -0.3 is 9.84 Å². The molecule has 1 fully saturated rings. The van der Waals surface area contributed by atoms with Gasteiger partial charge >= 0.3 is 0 Å². The third kappa shape index (κ3) is 4.89. The number of nitrogens with zero attached hydrogens (tertiary/aromatic N) is 2. The van der Waals surface area contributed by atoms with Gasteiger partial charge in [0, 0.05) is 28.7 Å². The number of nitrogens with one attached hydrogen (secondary N) is 1. The number of rotatable bonds is 7. The molecule has 0 saturated carbocycles. The molecule has 1 saturated heterocycles. The maximum atomic E-state index is 5.48. The van der Waals surface area contributed by atoms with Gasteiger partial charge in [0.25, 0.3) is 0 Å². The molecule has 2 rings (SSSR count). The predicted molar refractivity (Wildman–Crippen MR) is 92.1 cm³/mol. The first-order valence-corrected chi connectivity index (χ1v) is 9.96. The topological polar surface area (TPSA) is 51.0 Å². The van der Waals surface area contributed by atoms with Crippen LogP contribution in [0.4, 0.5) is 0 Å². The number of aromatic nitrogens is 2. The van der Waals surface area contributed by atoms with Crippen LogP contribution in [0, 0.1) is 0 Å². The molecule has 1 aromatic rings. The summed E-state index contributed by atoms with van der Waals surface area (Å²) in [5, 5.41) is 9.45. The van der Waals surface area contributed by atoms with Gasteiger partial charge in [-0.15, -0.1) is 11.8 Å². The van der Waals surface area contributed by atoms with Crippen LogP contribution in [-0.4, -0.2) is 39.0 Å². The first-order chi connectivity index (χ1) is 10.1. The molecule has 4 atom stereocenters. The minimum atomic E-state index is 0.377. The molecule has 120 valence electrons. The monoisotopic (exact) mass is 329 g/mol. The Hall–Kier alpha value is -0.200. The van der Waals surface area contributed by atoms with E-state index in [1.165, 1.54) is 6.42 Å². The molecule has 2 heterocycles. The second-order valence-corrected chi connectivity index (χ2v) is 8.66. The number of thioether (sulfide) groups is 2. The summed E-state index contributed by atoms with van der Waals surface area (Å²) in [6.45, 7) is 9.92. The third-order valence-corrected chi connectivity index (χ3v) is 7.26. The maximum Gasteiger partial charge on any atom is 0.228 e. The van der Waals surface area contributed by atoms with Crippen molar-refractivity contribution < 1.29 is 4.52 Å². The van der Waals surface area contributed by atoms with Crippen molar-refractivity contribution in [2.75, 3.05) is 12.3 Å². The highest BCUT2D eigenvalue weighted by molar-refractivity contribution is 8.07. The van der Waals surface area contributed by atoms with Gasteiger partial charge in [-0.2, -0.15) is 16.7 Å². The first kappa shape index (κ1) is 17.2. The van der Waals surface area contributed by atoms with E-state index in [0.717, 1.165) is 36.9 Å². The lowest BCUT2D eigenvalue weighted by atomic mass is 10.1. The third-order valence-electron chi connectivity index (χ3n) is 3.87. The summed E-state index contributed by atoms with van der Waals surface area (Å²) in [4.78, 5) is 4.65. The molecule has 21 heavy (non-hydrogen) atoms. The Kier molecular flexibility index (Phi) is 6.89. The van der Waals surface area contributed by atoms with E-state index in [4.69, 9.17) is 4.52 Å². The van der Waals surface area contributed by atoms with E-state index < -0.39 is 0 Å². The molecule has 4 nitrogen and oxygen atoms in total. The predicted octanol–water partition coefficient (Wildman–Crippen LogP) is 3.69. The summed E-state index contributed by atoms with van der Waals surface area (Å²) in [5.41, 5.74) is 0. The van der Waals surface area contributed by atoms with Crippen LogP contribution in [0.2, 0.25) is 0 Å². The Labute approximate surface area is 136 Å². The fourth-order valence-corrected chi connectivity index (χ4v) is 5.36. The van der Waals surface area contributed by atoms with E-state index in [2.05, 4.69) is 43.2 Å². The van der Waals surface area contributed by atoms with Gasteiger partial charge in [0.2, 0.25) is 5.89 Å². The van der Waals surface area contributed by atoms with E-state index in [9.17, 15) is 0 Å².